The van der Waals surface area contributed by atoms with E-state index >= 15 is 0 Å². The van der Waals surface area contributed by atoms with Crippen LogP contribution in [0.1, 0.15) is 33.6 Å². The van der Waals surface area contributed by atoms with Gasteiger partial charge in [-0.15, -0.1) is 0 Å². The number of para-hydroxylation sites is 2. The molecule has 190 valence electrons. The molecule has 0 radical (unpaired) electrons. The van der Waals surface area contributed by atoms with Crippen molar-refractivity contribution in [1.29, 1.82) is 0 Å². The fourth-order valence-electron chi connectivity index (χ4n) is 4.25. The molecule has 0 fully saturated rings. The number of anilines is 2. The molecule has 3 aromatic rings. The third-order valence-corrected chi connectivity index (χ3v) is 5.85. The van der Waals surface area contributed by atoms with Crippen LogP contribution in [-0.2, 0) is 29.2 Å². The quantitative estimate of drug-likeness (QED) is 0.393. The molecule has 2 aromatic heterocycles. The van der Waals surface area contributed by atoms with E-state index in [1.165, 1.54) is 9.47 Å². The second-order valence-electron chi connectivity index (χ2n) is 8.81. The average molecular weight is 487 g/mol. The van der Waals surface area contributed by atoms with Gasteiger partial charge in [-0.1, -0.05) is 26.0 Å². The molecule has 0 saturated heterocycles. The summed E-state index contributed by atoms with van der Waals surface area (Å²) in [5.74, 6) is -0.347. The summed E-state index contributed by atoms with van der Waals surface area (Å²) in [6.07, 6.45) is 0.423. The molecule has 3 N–H and O–H groups in total. The second kappa shape index (κ2) is 11.2. The Morgan fingerprint density at radius 2 is 1.77 bits per heavy atom. The molecule has 0 aliphatic rings. The fraction of sp³-hybridized carbons (Fsp3) is 0.500. The summed E-state index contributed by atoms with van der Waals surface area (Å²) < 4.78 is 9.61. The predicted octanol–water partition coefficient (Wildman–Crippen LogP) is 1.37. The number of carbonyl (C=O) groups excluding carboxylic acids is 1. The number of hydrogen-bond acceptors (Lipinski definition) is 6. The maximum absolute atomic E-state index is 13.4. The van der Waals surface area contributed by atoms with Crippen molar-refractivity contribution >= 4 is 28.4 Å². The van der Waals surface area contributed by atoms with Gasteiger partial charge in [0.25, 0.3) is 5.56 Å². The lowest BCUT2D eigenvalue weighted by atomic mass is 10.2. The number of amides is 1. The number of carbonyl (C=O) groups is 1. The molecule has 11 nitrogen and oxygen atoms in total. The average Bonchev–Trinajstić information content (AvgIpc) is 3.09. The van der Waals surface area contributed by atoms with Gasteiger partial charge < -0.3 is 15.4 Å². The number of ether oxygens (including phenoxy) is 1. The number of fused-ring (bicyclic) bond motifs is 1. The van der Waals surface area contributed by atoms with Gasteiger partial charge >= 0.3 is 11.4 Å². The van der Waals surface area contributed by atoms with Gasteiger partial charge in [0.1, 0.15) is 5.82 Å². The van der Waals surface area contributed by atoms with E-state index in [1.54, 1.807) is 16.2 Å². The smallest absolute Gasteiger partial charge is 0.330 e. The molecule has 0 saturated carbocycles. The van der Waals surface area contributed by atoms with Crippen LogP contribution in [0, 0.1) is 5.92 Å². The minimum Gasteiger partial charge on any atom is -0.385 e. The minimum atomic E-state index is -0.724. The van der Waals surface area contributed by atoms with Crippen LogP contribution in [0.3, 0.4) is 0 Å². The van der Waals surface area contributed by atoms with Gasteiger partial charge in [0, 0.05) is 46.3 Å². The Kier molecular flexibility index (Phi) is 8.34. The van der Waals surface area contributed by atoms with Crippen molar-refractivity contribution in [2.45, 2.75) is 53.2 Å². The molecule has 0 spiro atoms. The Morgan fingerprint density at radius 3 is 2.37 bits per heavy atom. The molecule has 0 aliphatic carbocycles. The molecule has 2 heterocycles. The van der Waals surface area contributed by atoms with Crippen molar-refractivity contribution in [3.8, 4) is 0 Å². The minimum absolute atomic E-state index is 0.0349. The number of aromatic amines is 1. The summed E-state index contributed by atoms with van der Waals surface area (Å²) in [6, 6.07) is 7.42. The number of rotatable bonds is 11. The van der Waals surface area contributed by atoms with E-state index in [2.05, 4.69) is 4.98 Å². The summed E-state index contributed by atoms with van der Waals surface area (Å²) in [6.45, 7) is 7.21. The van der Waals surface area contributed by atoms with Crippen LogP contribution < -0.4 is 27.6 Å². The Labute approximate surface area is 202 Å². The molecule has 11 heteroatoms. The van der Waals surface area contributed by atoms with E-state index in [9.17, 15) is 19.2 Å². The summed E-state index contributed by atoms with van der Waals surface area (Å²) in [7, 11) is 1.55. The molecule has 0 atom stereocenters. The summed E-state index contributed by atoms with van der Waals surface area (Å²) >= 11 is 0. The Morgan fingerprint density at radius 1 is 1.11 bits per heavy atom. The van der Waals surface area contributed by atoms with Gasteiger partial charge in [-0.25, -0.2) is 9.59 Å². The van der Waals surface area contributed by atoms with E-state index in [4.69, 9.17) is 10.5 Å². The molecular weight excluding hydrogens is 452 g/mol. The molecule has 0 bridgehead atoms. The first-order valence-electron chi connectivity index (χ1n) is 11.8. The second-order valence-corrected chi connectivity index (χ2v) is 8.81. The van der Waals surface area contributed by atoms with Gasteiger partial charge in [0.15, 0.2) is 5.69 Å². The maximum atomic E-state index is 13.4. The lowest BCUT2D eigenvalue weighted by Gasteiger charge is -2.25. The number of nitrogens with zero attached hydrogens (tertiary/aromatic N) is 4. The van der Waals surface area contributed by atoms with Crippen molar-refractivity contribution in [3.05, 3.63) is 55.6 Å². The lowest BCUT2D eigenvalue weighted by molar-refractivity contribution is -0.118. The highest BCUT2D eigenvalue weighted by Crippen LogP contribution is 2.20. The molecule has 1 aromatic carbocycles. The largest absolute Gasteiger partial charge is 0.385 e. The van der Waals surface area contributed by atoms with Crippen LogP contribution >= 0.6 is 0 Å². The highest BCUT2D eigenvalue weighted by atomic mass is 16.5. The van der Waals surface area contributed by atoms with Crippen LogP contribution in [0.4, 0.5) is 11.5 Å². The topological polar surface area (TPSA) is 137 Å². The van der Waals surface area contributed by atoms with E-state index < -0.39 is 11.2 Å². The molecule has 0 unspecified atom stereocenters. The molecule has 35 heavy (non-hydrogen) atoms. The Balaban J connectivity index is 1.98. The fourth-order valence-corrected chi connectivity index (χ4v) is 4.25. The van der Waals surface area contributed by atoms with Crippen molar-refractivity contribution in [1.82, 2.24) is 18.7 Å². The van der Waals surface area contributed by atoms with Crippen LogP contribution in [-0.4, -0.2) is 44.9 Å². The molecule has 1 amide bonds. The van der Waals surface area contributed by atoms with Crippen LogP contribution in [0.2, 0.25) is 0 Å². The SMILES string of the molecule is CCn1c(=O)n(CCC(=O)N(CCCOC)c2c(N)n(CC(C)C)c(=O)[nH]c2=O)c2ccccc21. The molecule has 3 rings (SSSR count). The number of aromatic nitrogens is 4. The normalized spacial score (nSPS) is 11.5. The van der Waals surface area contributed by atoms with Crippen LogP contribution in [0.25, 0.3) is 11.0 Å². The number of benzene rings is 1. The monoisotopic (exact) mass is 486 g/mol. The van der Waals surface area contributed by atoms with Gasteiger partial charge in [0.05, 0.1) is 11.0 Å². The number of nitrogens with two attached hydrogens (primary N) is 1. The van der Waals surface area contributed by atoms with E-state index in [0.717, 1.165) is 11.0 Å². The predicted molar refractivity (Wildman–Crippen MR) is 136 cm³/mol. The number of imidazole rings is 1. The number of methoxy groups -OCH3 is 1. The maximum Gasteiger partial charge on any atom is 0.330 e. The summed E-state index contributed by atoms with van der Waals surface area (Å²) in [5, 5.41) is 0. The van der Waals surface area contributed by atoms with Crippen LogP contribution in [0.15, 0.2) is 38.6 Å². The van der Waals surface area contributed by atoms with E-state index in [0.29, 0.717) is 26.1 Å². The van der Waals surface area contributed by atoms with Crippen LogP contribution in [0.5, 0.6) is 0 Å². The number of aryl methyl sites for hydroxylation is 2. The number of nitrogens with one attached hydrogen (secondary N) is 1. The zero-order chi connectivity index (χ0) is 25.7. The third kappa shape index (κ3) is 5.40. The first kappa shape index (κ1) is 26.0. The number of H-pyrrole nitrogens is 1. The molecule has 0 aliphatic heterocycles. The highest BCUT2D eigenvalue weighted by molar-refractivity contribution is 5.95. The van der Waals surface area contributed by atoms with Crippen molar-refractivity contribution in [3.63, 3.8) is 0 Å². The summed E-state index contributed by atoms with van der Waals surface area (Å²) in [4.78, 5) is 55.1. The Hall–Kier alpha value is -3.60. The van der Waals surface area contributed by atoms with Crippen molar-refractivity contribution in [2.75, 3.05) is 30.9 Å². The van der Waals surface area contributed by atoms with Gasteiger partial charge in [-0.05, 0) is 31.4 Å². The van der Waals surface area contributed by atoms with Gasteiger partial charge in [-0.2, -0.15) is 0 Å². The van der Waals surface area contributed by atoms with Gasteiger partial charge in [0.2, 0.25) is 5.91 Å². The molecular formula is C24H34N6O5. The highest BCUT2D eigenvalue weighted by Gasteiger charge is 2.25. The zero-order valence-electron chi connectivity index (χ0n) is 20.7. The van der Waals surface area contributed by atoms with E-state index in [-0.39, 0.29) is 48.5 Å². The van der Waals surface area contributed by atoms with E-state index in [1.807, 2.05) is 45.0 Å². The summed E-state index contributed by atoms with van der Waals surface area (Å²) in [5.41, 5.74) is 6.20. The van der Waals surface area contributed by atoms with Crippen molar-refractivity contribution in [2.24, 2.45) is 5.92 Å². The number of hydrogen-bond donors (Lipinski definition) is 2. The first-order chi connectivity index (χ1) is 16.7. The standard InChI is InChI=1S/C24H34N6O5/c1-5-27-17-9-6-7-10-18(17)28(24(27)34)13-11-19(31)29(12-8-14-35-4)20-21(25)30(15-16(2)3)23(33)26-22(20)32/h6-7,9-10,16H,5,8,11-15,25H2,1-4H3,(H,26,32,33). The van der Waals surface area contributed by atoms with Crippen molar-refractivity contribution < 1.29 is 9.53 Å². The van der Waals surface area contributed by atoms with Gasteiger partial charge in [-0.3, -0.25) is 28.3 Å². The zero-order valence-corrected chi connectivity index (χ0v) is 20.7. The lowest BCUT2D eigenvalue weighted by Crippen LogP contribution is -2.42. The number of nitrogen functional groups attached to an aromatic ring is 1. The Bertz CT molecular complexity index is 1360. The third-order valence-electron chi connectivity index (χ3n) is 5.85. The first-order valence-corrected chi connectivity index (χ1v) is 11.8.